The molecule has 1 atom stereocenters. The van der Waals surface area contributed by atoms with Crippen molar-refractivity contribution in [3.63, 3.8) is 0 Å². The maximum Gasteiger partial charge on any atom is 0.0508 e. The number of rotatable bonds is 4. The molecule has 3 N–H and O–H groups in total. The number of hydrazine groups is 1. The van der Waals surface area contributed by atoms with Crippen LogP contribution in [-0.4, -0.2) is 0 Å². The number of hydrogen-bond acceptors (Lipinski definition) is 3. The lowest BCUT2D eigenvalue weighted by Crippen LogP contribution is -2.29. The Kier molecular flexibility index (Phi) is 3.94. The van der Waals surface area contributed by atoms with Gasteiger partial charge in [0.15, 0.2) is 0 Å². The Hall–Kier alpha value is -1.16. The Balaban J connectivity index is 2.20. The maximum absolute atomic E-state index is 5.66. The van der Waals surface area contributed by atoms with E-state index in [1.54, 1.807) is 11.3 Å². The van der Waals surface area contributed by atoms with Crippen molar-refractivity contribution >= 4 is 11.3 Å². The van der Waals surface area contributed by atoms with E-state index in [-0.39, 0.29) is 6.04 Å². The van der Waals surface area contributed by atoms with Gasteiger partial charge >= 0.3 is 0 Å². The van der Waals surface area contributed by atoms with E-state index in [4.69, 9.17) is 5.84 Å². The van der Waals surface area contributed by atoms with Gasteiger partial charge in [-0.25, -0.2) is 0 Å². The first-order chi connectivity index (χ1) is 8.20. The summed E-state index contributed by atoms with van der Waals surface area (Å²) >= 11 is 1.77. The topological polar surface area (TPSA) is 38.0 Å². The molecular weight excluding hydrogens is 228 g/mol. The number of nitrogens with one attached hydrogen (secondary N) is 1. The van der Waals surface area contributed by atoms with Gasteiger partial charge in [-0.2, -0.15) is 0 Å². The van der Waals surface area contributed by atoms with Crippen molar-refractivity contribution < 1.29 is 0 Å². The molecule has 0 aliphatic carbocycles. The lowest BCUT2D eigenvalue weighted by Gasteiger charge is -2.16. The molecule has 0 saturated heterocycles. The lowest BCUT2D eigenvalue weighted by atomic mass is 9.99. The van der Waals surface area contributed by atoms with Gasteiger partial charge in [0.1, 0.15) is 0 Å². The molecule has 2 nitrogen and oxygen atoms in total. The highest BCUT2D eigenvalue weighted by Crippen LogP contribution is 2.22. The summed E-state index contributed by atoms with van der Waals surface area (Å²) in [6.45, 7) is 4.26. The first kappa shape index (κ1) is 12.3. The van der Waals surface area contributed by atoms with Gasteiger partial charge < -0.3 is 0 Å². The largest absolute Gasteiger partial charge is 0.271 e. The molecule has 90 valence electrons. The molecule has 1 heterocycles. The van der Waals surface area contributed by atoms with E-state index in [1.165, 1.54) is 21.6 Å². The highest BCUT2D eigenvalue weighted by atomic mass is 32.1. The van der Waals surface area contributed by atoms with E-state index in [0.29, 0.717) is 0 Å². The zero-order valence-corrected chi connectivity index (χ0v) is 11.1. The molecule has 17 heavy (non-hydrogen) atoms. The van der Waals surface area contributed by atoms with Crippen LogP contribution in [0.25, 0.3) is 0 Å². The number of thiophene rings is 1. The fourth-order valence-electron chi connectivity index (χ4n) is 1.88. The fraction of sp³-hybridized carbons (Fsp3) is 0.286. The summed E-state index contributed by atoms with van der Waals surface area (Å²) in [5, 5.41) is 2.10. The van der Waals surface area contributed by atoms with Crippen LogP contribution in [0.1, 0.15) is 27.6 Å². The van der Waals surface area contributed by atoms with Crippen LogP contribution in [0.3, 0.4) is 0 Å². The predicted molar refractivity (Wildman–Crippen MR) is 74.0 cm³/mol. The fourth-order valence-corrected chi connectivity index (χ4v) is 2.64. The number of hydrogen-bond donors (Lipinski definition) is 2. The molecule has 0 amide bonds. The summed E-state index contributed by atoms with van der Waals surface area (Å²) in [5.41, 5.74) is 6.80. The number of benzene rings is 1. The average Bonchev–Trinajstić information content (AvgIpc) is 2.82. The summed E-state index contributed by atoms with van der Waals surface area (Å²) in [4.78, 5) is 1.35. The molecule has 1 aromatic heterocycles. The van der Waals surface area contributed by atoms with E-state index >= 15 is 0 Å². The minimum Gasteiger partial charge on any atom is -0.271 e. The van der Waals surface area contributed by atoms with Crippen molar-refractivity contribution in [2.24, 2.45) is 5.84 Å². The highest BCUT2D eigenvalue weighted by Gasteiger charge is 2.11. The van der Waals surface area contributed by atoms with E-state index in [2.05, 4.69) is 55.0 Å². The Morgan fingerprint density at radius 1 is 1.24 bits per heavy atom. The maximum atomic E-state index is 5.66. The predicted octanol–water partition coefficient (Wildman–Crippen LogP) is 3.11. The molecule has 2 aromatic rings. The van der Waals surface area contributed by atoms with Crippen LogP contribution in [-0.2, 0) is 6.42 Å². The Bertz CT molecular complexity index is 477. The Labute approximate surface area is 106 Å². The number of nitrogens with two attached hydrogens (primary N) is 1. The van der Waals surface area contributed by atoms with E-state index < -0.39 is 0 Å². The Morgan fingerprint density at radius 3 is 2.65 bits per heavy atom. The normalized spacial score (nSPS) is 12.6. The molecule has 3 heteroatoms. The minimum atomic E-state index is 0.188. The van der Waals surface area contributed by atoms with Crippen molar-refractivity contribution in [1.82, 2.24) is 5.43 Å². The molecule has 0 spiro atoms. The first-order valence-electron chi connectivity index (χ1n) is 5.76. The van der Waals surface area contributed by atoms with Gasteiger partial charge in [-0.05, 0) is 42.0 Å². The summed E-state index contributed by atoms with van der Waals surface area (Å²) < 4.78 is 0. The summed E-state index contributed by atoms with van der Waals surface area (Å²) in [7, 11) is 0. The molecule has 1 aromatic carbocycles. The molecule has 1 unspecified atom stereocenters. The number of aryl methyl sites for hydroxylation is 2. The highest BCUT2D eigenvalue weighted by molar-refractivity contribution is 7.09. The average molecular weight is 246 g/mol. The SMILES string of the molecule is Cc1ccc(C(Cc2cccs2)NN)cc1C. The van der Waals surface area contributed by atoms with Crippen LogP contribution in [0.5, 0.6) is 0 Å². The van der Waals surface area contributed by atoms with Crippen LogP contribution < -0.4 is 11.3 Å². The zero-order valence-electron chi connectivity index (χ0n) is 10.2. The molecule has 2 rings (SSSR count). The first-order valence-corrected chi connectivity index (χ1v) is 6.64. The molecule has 0 fully saturated rings. The van der Waals surface area contributed by atoms with Gasteiger partial charge in [0.2, 0.25) is 0 Å². The molecule has 0 aliphatic heterocycles. The second-order valence-electron chi connectivity index (χ2n) is 4.35. The molecular formula is C14H18N2S. The summed E-state index contributed by atoms with van der Waals surface area (Å²) in [6.07, 6.45) is 0.941. The van der Waals surface area contributed by atoms with E-state index in [9.17, 15) is 0 Å². The third-order valence-corrected chi connectivity index (χ3v) is 4.02. The zero-order chi connectivity index (χ0) is 12.3. The van der Waals surface area contributed by atoms with Crippen LogP contribution in [0.4, 0.5) is 0 Å². The van der Waals surface area contributed by atoms with E-state index in [0.717, 1.165) is 6.42 Å². The van der Waals surface area contributed by atoms with Crippen LogP contribution >= 0.6 is 11.3 Å². The lowest BCUT2D eigenvalue weighted by molar-refractivity contribution is 0.555. The van der Waals surface area contributed by atoms with Gasteiger partial charge in [0.25, 0.3) is 0 Å². The smallest absolute Gasteiger partial charge is 0.0508 e. The van der Waals surface area contributed by atoms with Crippen LogP contribution in [0.15, 0.2) is 35.7 Å². The van der Waals surface area contributed by atoms with Crippen molar-refractivity contribution in [2.75, 3.05) is 0 Å². The van der Waals surface area contributed by atoms with Gasteiger partial charge in [0.05, 0.1) is 6.04 Å². The van der Waals surface area contributed by atoms with Gasteiger partial charge in [-0.1, -0.05) is 24.3 Å². The second-order valence-corrected chi connectivity index (χ2v) is 5.38. The van der Waals surface area contributed by atoms with Crippen LogP contribution in [0.2, 0.25) is 0 Å². The summed E-state index contributed by atoms with van der Waals surface area (Å²) in [6, 6.07) is 10.9. The summed E-state index contributed by atoms with van der Waals surface area (Å²) in [5.74, 6) is 5.66. The molecule has 0 aliphatic rings. The van der Waals surface area contributed by atoms with Crippen molar-refractivity contribution in [3.05, 3.63) is 57.3 Å². The molecule has 0 bridgehead atoms. The quantitative estimate of drug-likeness (QED) is 0.642. The standard InChI is InChI=1S/C14H18N2S/c1-10-5-6-12(8-11(10)2)14(16-15)9-13-4-3-7-17-13/h3-8,14,16H,9,15H2,1-2H3. The van der Waals surface area contributed by atoms with Crippen LogP contribution in [0, 0.1) is 13.8 Å². The molecule has 0 saturated carbocycles. The third kappa shape index (κ3) is 2.94. The van der Waals surface area contributed by atoms with E-state index in [1.807, 2.05) is 0 Å². The van der Waals surface area contributed by atoms with Crippen molar-refractivity contribution in [3.8, 4) is 0 Å². The van der Waals surface area contributed by atoms with Gasteiger partial charge in [-0.3, -0.25) is 11.3 Å². The second kappa shape index (κ2) is 5.45. The van der Waals surface area contributed by atoms with Crippen molar-refractivity contribution in [1.29, 1.82) is 0 Å². The monoisotopic (exact) mass is 246 g/mol. The minimum absolute atomic E-state index is 0.188. The molecule has 0 radical (unpaired) electrons. The van der Waals surface area contributed by atoms with Gasteiger partial charge in [0, 0.05) is 11.3 Å². The Morgan fingerprint density at radius 2 is 2.06 bits per heavy atom. The van der Waals surface area contributed by atoms with Gasteiger partial charge in [-0.15, -0.1) is 11.3 Å². The third-order valence-electron chi connectivity index (χ3n) is 3.12. The van der Waals surface area contributed by atoms with Crippen molar-refractivity contribution in [2.45, 2.75) is 26.3 Å².